The van der Waals surface area contributed by atoms with Crippen molar-refractivity contribution >= 4 is 17.9 Å². The lowest BCUT2D eigenvalue weighted by atomic mass is 10.0. The topological polar surface area (TPSA) is 108 Å². The highest BCUT2D eigenvalue weighted by Gasteiger charge is 2.42. The van der Waals surface area contributed by atoms with Crippen LogP contribution in [0.5, 0.6) is 0 Å². The number of carbonyl (C=O) groups is 3. The van der Waals surface area contributed by atoms with Crippen molar-refractivity contribution in [2.24, 2.45) is 0 Å². The molecule has 1 aliphatic heterocycles. The molecule has 2 aromatic carbocycles. The standard InChI is InChI=1S/C19H23FO6.C7H6O2.C3H6/c1-4-12(2)18(21)24-11-15-17(20)14(10-16(23-3)25-15)26-19(22)13-8-6-5-7-9-13;8-7(9)6-4-2-1-3-5-6;1-3-2/h4-9,14-17H,10-11H2,1-3H3;1-5H,(H,8,9);3H,1H2,2H3/b12-4+;;. The predicted octanol–water partition coefficient (Wildman–Crippen LogP) is 5.40. The van der Waals surface area contributed by atoms with Crippen LogP contribution in [0.15, 0.2) is 85.0 Å². The van der Waals surface area contributed by atoms with Crippen molar-refractivity contribution < 1.29 is 42.8 Å². The summed E-state index contributed by atoms with van der Waals surface area (Å²) in [5.41, 5.74) is 1.07. The number of carboxylic acid groups (broad SMARTS) is 1. The molecule has 0 radical (unpaired) electrons. The lowest BCUT2D eigenvalue weighted by Crippen LogP contribution is -2.50. The van der Waals surface area contributed by atoms with Crippen LogP contribution in [0.25, 0.3) is 0 Å². The summed E-state index contributed by atoms with van der Waals surface area (Å²) in [6.07, 6.45) is -1.16. The van der Waals surface area contributed by atoms with E-state index in [0.717, 1.165) is 0 Å². The van der Waals surface area contributed by atoms with Crippen molar-refractivity contribution in [3.8, 4) is 0 Å². The number of ether oxygens (including phenoxy) is 4. The van der Waals surface area contributed by atoms with Crippen molar-refractivity contribution in [3.05, 3.63) is 96.1 Å². The largest absolute Gasteiger partial charge is 0.478 e. The molecule has 1 saturated heterocycles. The van der Waals surface area contributed by atoms with Crippen molar-refractivity contribution in [2.45, 2.75) is 51.9 Å². The maximum atomic E-state index is 14.8. The summed E-state index contributed by atoms with van der Waals surface area (Å²) in [4.78, 5) is 34.1. The van der Waals surface area contributed by atoms with Gasteiger partial charge in [0.1, 0.15) is 18.8 Å². The van der Waals surface area contributed by atoms with E-state index in [2.05, 4.69) is 6.58 Å². The molecule has 0 saturated carbocycles. The molecule has 206 valence electrons. The third-order valence-electron chi connectivity index (χ3n) is 5.15. The molecule has 2 aromatic rings. The van der Waals surface area contributed by atoms with Crippen LogP contribution < -0.4 is 0 Å². The number of carbonyl (C=O) groups excluding carboxylic acids is 2. The Labute approximate surface area is 222 Å². The highest BCUT2D eigenvalue weighted by atomic mass is 19.1. The predicted molar refractivity (Wildman–Crippen MR) is 140 cm³/mol. The zero-order chi connectivity index (χ0) is 28.5. The third kappa shape index (κ3) is 11.1. The van der Waals surface area contributed by atoms with Crippen molar-refractivity contribution in [3.63, 3.8) is 0 Å². The summed E-state index contributed by atoms with van der Waals surface area (Å²) < 4.78 is 35.7. The molecule has 1 heterocycles. The minimum absolute atomic E-state index is 0.0502. The number of methoxy groups -OCH3 is 1. The van der Waals surface area contributed by atoms with Gasteiger partial charge >= 0.3 is 17.9 Å². The Morgan fingerprint density at radius 3 is 2.03 bits per heavy atom. The molecule has 0 aromatic heterocycles. The second-order valence-corrected chi connectivity index (χ2v) is 7.98. The number of halogens is 1. The molecule has 1 N–H and O–H groups in total. The number of rotatable bonds is 7. The molecule has 0 amide bonds. The number of aromatic carboxylic acids is 1. The van der Waals surface area contributed by atoms with Gasteiger partial charge in [0, 0.05) is 19.1 Å². The lowest BCUT2D eigenvalue weighted by molar-refractivity contribution is -0.237. The molecule has 9 heteroatoms. The molecule has 0 bridgehead atoms. The zero-order valence-electron chi connectivity index (χ0n) is 22.0. The smallest absolute Gasteiger partial charge is 0.338 e. The van der Waals surface area contributed by atoms with Gasteiger partial charge in [-0.05, 0) is 45.0 Å². The number of benzene rings is 2. The molecule has 8 nitrogen and oxygen atoms in total. The second kappa shape index (κ2) is 17.6. The molecule has 38 heavy (non-hydrogen) atoms. The maximum Gasteiger partial charge on any atom is 0.338 e. The summed E-state index contributed by atoms with van der Waals surface area (Å²) in [6.45, 7) is 8.25. The van der Waals surface area contributed by atoms with Crippen LogP contribution in [0, 0.1) is 0 Å². The SMILES string of the molecule is C/C=C(\C)C(=O)OCC1OC(OC)CC(OC(=O)c2ccccc2)C1F.C=CC.O=C(O)c1ccccc1. The Kier molecular flexibility index (Phi) is 14.9. The fraction of sp³-hybridized carbons (Fsp3) is 0.345. The molecule has 0 aliphatic carbocycles. The quantitative estimate of drug-likeness (QED) is 0.288. The van der Waals surface area contributed by atoms with Crippen molar-refractivity contribution in [1.82, 2.24) is 0 Å². The van der Waals surface area contributed by atoms with E-state index in [1.54, 1.807) is 86.7 Å². The van der Waals surface area contributed by atoms with Crippen LogP contribution >= 0.6 is 0 Å². The highest BCUT2D eigenvalue weighted by Crippen LogP contribution is 2.27. The van der Waals surface area contributed by atoms with Gasteiger partial charge in [-0.2, -0.15) is 0 Å². The number of hydrogen-bond donors (Lipinski definition) is 1. The van der Waals surface area contributed by atoms with Gasteiger partial charge in [-0.1, -0.05) is 48.6 Å². The molecular formula is C29H35FO8. The average Bonchev–Trinajstić information content (AvgIpc) is 2.94. The number of hydrogen-bond acceptors (Lipinski definition) is 7. The van der Waals surface area contributed by atoms with Gasteiger partial charge in [0.15, 0.2) is 12.5 Å². The van der Waals surface area contributed by atoms with E-state index in [9.17, 15) is 18.8 Å². The van der Waals surface area contributed by atoms with E-state index in [0.29, 0.717) is 16.7 Å². The fourth-order valence-electron chi connectivity index (χ4n) is 3.03. The maximum absolute atomic E-state index is 14.8. The molecule has 4 unspecified atom stereocenters. The fourth-order valence-corrected chi connectivity index (χ4v) is 3.03. The Balaban J connectivity index is 0.000000497. The van der Waals surface area contributed by atoms with Crippen LogP contribution in [0.2, 0.25) is 0 Å². The van der Waals surface area contributed by atoms with Gasteiger partial charge in [0.2, 0.25) is 0 Å². The highest BCUT2D eigenvalue weighted by molar-refractivity contribution is 5.89. The first kappa shape index (κ1) is 32.2. The Hall–Kier alpha value is -3.82. The van der Waals surface area contributed by atoms with Crippen LogP contribution in [0.3, 0.4) is 0 Å². The molecule has 3 rings (SSSR count). The van der Waals surface area contributed by atoms with Gasteiger partial charge in [-0.15, -0.1) is 6.58 Å². The Bertz CT molecular complexity index is 1040. The van der Waals surface area contributed by atoms with E-state index in [4.69, 9.17) is 24.1 Å². The van der Waals surface area contributed by atoms with Crippen LogP contribution in [-0.2, 0) is 23.7 Å². The monoisotopic (exact) mass is 530 g/mol. The lowest BCUT2D eigenvalue weighted by Gasteiger charge is -2.36. The van der Waals surface area contributed by atoms with Gasteiger partial charge < -0.3 is 24.1 Å². The van der Waals surface area contributed by atoms with E-state index < -0.39 is 42.6 Å². The first-order valence-electron chi connectivity index (χ1n) is 11.9. The van der Waals surface area contributed by atoms with Crippen molar-refractivity contribution in [1.29, 1.82) is 0 Å². The summed E-state index contributed by atoms with van der Waals surface area (Å²) in [6, 6.07) is 16.6. The molecule has 1 aliphatic rings. The first-order valence-corrected chi connectivity index (χ1v) is 11.9. The summed E-state index contributed by atoms with van der Waals surface area (Å²) in [5.74, 6) is -2.06. The van der Waals surface area contributed by atoms with Crippen LogP contribution in [0.1, 0.15) is 47.9 Å². The normalized spacial score (nSPS) is 20.4. The minimum Gasteiger partial charge on any atom is -0.478 e. The molecule has 4 atom stereocenters. The van der Waals surface area contributed by atoms with Crippen LogP contribution in [0.4, 0.5) is 4.39 Å². The van der Waals surface area contributed by atoms with Crippen molar-refractivity contribution in [2.75, 3.05) is 13.7 Å². The minimum atomic E-state index is -1.65. The third-order valence-corrected chi connectivity index (χ3v) is 5.15. The Morgan fingerprint density at radius 2 is 1.58 bits per heavy atom. The van der Waals surface area contributed by atoms with E-state index in [1.165, 1.54) is 7.11 Å². The van der Waals surface area contributed by atoms with E-state index >= 15 is 0 Å². The zero-order valence-corrected chi connectivity index (χ0v) is 22.0. The summed E-state index contributed by atoms with van der Waals surface area (Å²) >= 11 is 0. The van der Waals surface area contributed by atoms with E-state index in [-0.39, 0.29) is 13.0 Å². The van der Waals surface area contributed by atoms with Gasteiger partial charge in [0.25, 0.3) is 0 Å². The molecular weight excluding hydrogens is 495 g/mol. The van der Waals surface area contributed by atoms with Crippen LogP contribution in [-0.4, -0.2) is 61.4 Å². The number of carboxylic acids is 1. The Morgan fingerprint density at radius 1 is 1.05 bits per heavy atom. The second-order valence-electron chi connectivity index (χ2n) is 7.98. The van der Waals surface area contributed by atoms with Gasteiger partial charge in [-0.3, -0.25) is 0 Å². The number of allylic oxidation sites excluding steroid dienone is 2. The molecule has 0 spiro atoms. The average molecular weight is 531 g/mol. The molecule has 1 fully saturated rings. The summed E-state index contributed by atoms with van der Waals surface area (Å²) in [5, 5.41) is 8.38. The first-order chi connectivity index (χ1) is 18.2. The number of alkyl halides is 1. The van der Waals surface area contributed by atoms with E-state index in [1.807, 2.05) is 6.92 Å². The number of esters is 2. The van der Waals surface area contributed by atoms with Gasteiger partial charge in [0.05, 0.1) is 11.1 Å². The summed E-state index contributed by atoms with van der Waals surface area (Å²) in [7, 11) is 1.41. The van der Waals surface area contributed by atoms with Gasteiger partial charge in [-0.25, -0.2) is 18.8 Å².